The van der Waals surface area contributed by atoms with Crippen LogP contribution >= 0.6 is 0 Å². The molecule has 0 aliphatic carbocycles. The highest BCUT2D eigenvalue weighted by Crippen LogP contribution is 2.29. The number of aliphatic hydroxyl groups excluding tert-OH is 1. The average molecular weight is 234 g/mol. The fourth-order valence-electron chi connectivity index (χ4n) is 1.84. The van der Waals surface area contributed by atoms with Crippen molar-refractivity contribution < 1.29 is 13.9 Å². The quantitative estimate of drug-likeness (QED) is 0.881. The molecular weight excluding hydrogens is 219 g/mol. The predicted molar refractivity (Wildman–Crippen MR) is 64.3 cm³/mol. The number of hydrogen-bond acceptors (Lipinski definition) is 2. The van der Waals surface area contributed by atoms with Gasteiger partial charge in [-0.2, -0.15) is 0 Å². The lowest BCUT2D eigenvalue weighted by molar-refractivity contribution is 0.272. The molecule has 1 aromatic heterocycles. The highest BCUT2D eigenvalue weighted by atomic mass is 19.1. The van der Waals surface area contributed by atoms with Gasteiger partial charge in [-0.1, -0.05) is 6.92 Å². The van der Waals surface area contributed by atoms with Crippen molar-refractivity contribution in [2.75, 3.05) is 6.61 Å². The van der Waals surface area contributed by atoms with Gasteiger partial charge < -0.3 is 9.52 Å². The summed E-state index contributed by atoms with van der Waals surface area (Å²) in [7, 11) is 0. The van der Waals surface area contributed by atoms with Crippen molar-refractivity contribution in [1.82, 2.24) is 0 Å². The first-order valence-electron chi connectivity index (χ1n) is 5.59. The first-order chi connectivity index (χ1) is 8.11. The largest absolute Gasteiger partial charge is 0.461 e. The van der Waals surface area contributed by atoms with Gasteiger partial charge in [0.25, 0.3) is 0 Å². The van der Waals surface area contributed by atoms with Crippen molar-refractivity contribution in [2.45, 2.75) is 19.8 Å². The Balaban J connectivity index is 2.37. The minimum atomic E-state index is -0.263. The second kappa shape index (κ2) is 4.72. The van der Waals surface area contributed by atoms with Gasteiger partial charge in [0.2, 0.25) is 0 Å². The fourth-order valence-corrected chi connectivity index (χ4v) is 1.84. The van der Waals surface area contributed by atoms with E-state index in [9.17, 15) is 4.39 Å². The van der Waals surface area contributed by atoms with Crippen molar-refractivity contribution in [3.63, 3.8) is 0 Å². The van der Waals surface area contributed by atoms with Crippen LogP contribution in [0.25, 0.3) is 11.3 Å². The molecule has 0 saturated heterocycles. The molecule has 1 aromatic carbocycles. The Bertz CT molecular complexity index is 499. The maximum absolute atomic E-state index is 12.8. The zero-order chi connectivity index (χ0) is 12.4. The number of benzene rings is 1. The van der Waals surface area contributed by atoms with Gasteiger partial charge in [0.1, 0.15) is 17.3 Å². The van der Waals surface area contributed by atoms with Crippen LogP contribution < -0.4 is 0 Å². The molecule has 3 heteroatoms. The molecule has 1 unspecified atom stereocenters. The fraction of sp³-hybridized carbons (Fsp3) is 0.286. The van der Waals surface area contributed by atoms with Crippen molar-refractivity contribution in [3.8, 4) is 11.3 Å². The van der Waals surface area contributed by atoms with Crippen LogP contribution in [0.3, 0.4) is 0 Å². The second-order valence-electron chi connectivity index (χ2n) is 4.21. The average Bonchev–Trinajstić information content (AvgIpc) is 2.71. The predicted octanol–water partition coefficient (Wildman–Crippen LogP) is 3.49. The molecule has 2 nitrogen and oxygen atoms in total. The number of rotatable bonds is 3. The smallest absolute Gasteiger partial charge is 0.134 e. The topological polar surface area (TPSA) is 33.4 Å². The lowest BCUT2D eigenvalue weighted by Crippen LogP contribution is -1.98. The summed E-state index contributed by atoms with van der Waals surface area (Å²) < 4.78 is 18.4. The molecule has 1 heterocycles. The first-order valence-corrected chi connectivity index (χ1v) is 5.59. The molecule has 0 amide bonds. The van der Waals surface area contributed by atoms with Crippen LogP contribution in [0.1, 0.15) is 24.2 Å². The molecule has 0 radical (unpaired) electrons. The molecule has 2 aromatic rings. The lowest BCUT2D eigenvalue weighted by atomic mass is 10.0. The van der Waals surface area contributed by atoms with Gasteiger partial charge in [0, 0.05) is 18.1 Å². The van der Waals surface area contributed by atoms with Gasteiger partial charge >= 0.3 is 0 Å². The third-order valence-corrected chi connectivity index (χ3v) is 2.89. The zero-order valence-corrected chi connectivity index (χ0v) is 9.90. The summed E-state index contributed by atoms with van der Waals surface area (Å²) in [4.78, 5) is 0. The van der Waals surface area contributed by atoms with Gasteiger partial charge in [0.15, 0.2) is 0 Å². The summed E-state index contributed by atoms with van der Waals surface area (Å²) >= 11 is 0. The Hall–Kier alpha value is -1.61. The zero-order valence-electron chi connectivity index (χ0n) is 9.90. The molecular formula is C14H15FO2. The Kier molecular flexibility index (Phi) is 3.29. The molecule has 1 atom stereocenters. The van der Waals surface area contributed by atoms with Gasteiger partial charge in [-0.05, 0) is 42.8 Å². The summed E-state index contributed by atoms with van der Waals surface area (Å²) in [5.41, 5.74) is 1.83. The Labute approximate surface area is 99.7 Å². The highest BCUT2D eigenvalue weighted by molar-refractivity contribution is 5.59. The van der Waals surface area contributed by atoms with E-state index in [0.29, 0.717) is 5.76 Å². The normalized spacial score (nSPS) is 12.7. The summed E-state index contributed by atoms with van der Waals surface area (Å²) in [6.07, 6.45) is 0. The summed E-state index contributed by atoms with van der Waals surface area (Å²) in [5, 5.41) is 9.14. The van der Waals surface area contributed by atoms with Crippen molar-refractivity contribution in [3.05, 3.63) is 47.5 Å². The molecule has 0 fully saturated rings. The van der Waals surface area contributed by atoms with Crippen LogP contribution in [0.4, 0.5) is 4.39 Å². The standard InChI is InChI=1S/C14H15FO2/c1-9(8-16)13-7-14(17-10(13)2)11-3-5-12(15)6-4-11/h3-7,9,16H,8H2,1-2H3. The van der Waals surface area contributed by atoms with Crippen molar-refractivity contribution >= 4 is 0 Å². The molecule has 0 aliphatic rings. The number of aryl methyl sites for hydroxylation is 1. The summed E-state index contributed by atoms with van der Waals surface area (Å²) in [6.45, 7) is 3.89. The maximum atomic E-state index is 12.8. The Morgan fingerprint density at radius 1 is 1.29 bits per heavy atom. The van der Waals surface area contributed by atoms with E-state index < -0.39 is 0 Å². The number of furan rings is 1. The first kappa shape index (κ1) is 11.9. The van der Waals surface area contributed by atoms with Gasteiger partial charge in [-0.25, -0.2) is 4.39 Å². The molecule has 0 spiro atoms. The number of halogens is 1. The van der Waals surface area contributed by atoms with E-state index in [1.165, 1.54) is 12.1 Å². The van der Waals surface area contributed by atoms with Crippen molar-refractivity contribution in [2.24, 2.45) is 0 Å². The third kappa shape index (κ3) is 2.39. The highest BCUT2D eigenvalue weighted by Gasteiger charge is 2.14. The molecule has 2 rings (SSSR count). The molecule has 0 saturated carbocycles. The van der Waals surface area contributed by atoms with E-state index in [4.69, 9.17) is 9.52 Å². The van der Waals surface area contributed by atoms with E-state index in [1.54, 1.807) is 12.1 Å². The molecule has 0 aliphatic heterocycles. The van der Waals surface area contributed by atoms with E-state index in [0.717, 1.165) is 16.9 Å². The van der Waals surface area contributed by atoms with E-state index in [-0.39, 0.29) is 18.3 Å². The molecule has 17 heavy (non-hydrogen) atoms. The molecule has 90 valence electrons. The van der Waals surface area contributed by atoms with Crippen LogP contribution in [0.15, 0.2) is 34.7 Å². The Morgan fingerprint density at radius 3 is 2.53 bits per heavy atom. The van der Waals surface area contributed by atoms with E-state index in [2.05, 4.69) is 0 Å². The van der Waals surface area contributed by atoms with Crippen LogP contribution in [-0.4, -0.2) is 11.7 Å². The monoisotopic (exact) mass is 234 g/mol. The van der Waals surface area contributed by atoms with Crippen molar-refractivity contribution in [1.29, 1.82) is 0 Å². The summed E-state index contributed by atoms with van der Waals surface area (Å²) in [5.74, 6) is 1.29. The van der Waals surface area contributed by atoms with E-state index >= 15 is 0 Å². The minimum absolute atomic E-state index is 0.0490. The Morgan fingerprint density at radius 2 is 1.94 bits per heavy atom. The third-order valence-electron chi connectivity index (χ3n) is 2.89. The van der Waals surface area contributed by atoms with Crippen LogP contribution in [0.2, 0.25) is 0 Å². The minimum Gasteiger partial charge on any atom is -0.461 e. The lowest BCUT2D eigenvalue weighted by Gasteiger charge is -2.04. The van der Waals surface area contributed by atoms with Gasteiger partial charge in [-0.15, -0.1) is 0 Å². The van der Waals surface area contributed by atoms with Crippen LogP contribution in [-0.2, 0) is 0 Å². The van der Waals surface area contributed by atoms with Crippen LogP contribution in [0.5, 0.6) is 0 Å². The maximum Gasteiger partial charge on any atom is 0.134 e. The number of hydrogen-bond donors (Lipinski definition) is 1. The summed E-state index contributed by atoms with van der Waals surface area (Å²) in [6, 6.07) is 8.08. The van der Waals surface area contributed by atoms with Crippen LogP contribution in [0, 0.1) is 12.7 Å². The molecule has 0 bridgehead atoms. The van der Waals surface area contributed by atoms with E-state index in [1.807, 2.05) is 19.9 Å². The SMILES string of the molecule is Cc1oc(-c2ccc(F)cc2)cc1C(C)CO. The second-order valence-corrected chi connectivity index (χ2v) is 4.21. The number of aliphatic hydroxyl groups is 1. The van der Waals surface area contributed by atoms with Gasteiger partial charge in [-0.3, -0.25) is 0 Å². The van der Waals surface area contributed by atoms with Gasteiger partial charge in [0.05, 0.1) is 0 Å². The molecule has 1 N–H and O–H groups in total.